The normalized spacial score (nSPS) is 10.6. The van der Waals surface area contributed by atoms with Crippen LogP contribution in [0.15, 0.2) is 53.5 Å². The predicted molar refractivity (Wildman–Crippen MR) is 93.8 cm³/mol. The van der Waals surface area contributed by atoms with E-state index < -0.39 is 5.91 Å². The number of aromatic nitrogens is 1. The molecule has 1 N–H and O–H groups in total. The topological polar surface area (TPSA) is 71.4 Å². The number of hydrogen-bond donors (Lipinski definition) is 1. The predicted octanol–water partition coefficient (Wildman–Crippen LogP) is 1.74. The van der Waals surface area contributed by atoms with E-state index in [-0.39, 0.29) is 17.2 Å². The van der Waals surface area contributed by atoms with Gasteiger partial charge in [-0.1, -0.05) is 30.3 Å². The molecule has 0 spiro atoms. The average Bonchev–Trinajstić information content (AvgIpc) is 2.57. The van der Waals surface area contributed by atoms with E-state index in [0.29, 0.717) is 5.56 Å². The Labute approximate surface area is 140 Å². The first kappa shape index (κ1) is 17.2. The summed E-state index contributed by atoms with van der Waals surface area (Å²) in [5, 5.41) is 2.53. The van der Waals surface area contributed by atoms with E-state index in [9.17, 15) is 14.4 Å². The molecular formula is C18H19N3O3. The van der Waals surface area contributed by atoms with Crippen molar-refractivity contribution in [1.29, 1.82) is 0 Å². The van der Waals surface area contributed by atoms with Crippen molar-refractivity contribution in [3.63, 3.8) is 0 Å². The Morgan fingerprint density at radius 3 is 2.46 bits per heavy atom. The van der Waals surface area contributed by atoms with Crippen molar-refractivity contribution in [2.45, 2.75) is 0 Å². The third kappa shape index (κ3) is 4.19. The van der Waals surface area contributed by atoms with E-state index in [4.69, 9.17) is 0 Å². The van der Waals surface area contributed by atoms with Crippen LogP contribution in [0.5, 0.6) is 0 Å². The van der Waals surface area contributed by atoms with Crippen LogP contribution in [0.1, 0.15) is 15.9 Å². The standard InChI is InChI=1S/C18H19N3O3/c1-20(2)17(23)14-11-15(18(24)21(3)12-14)19-16(22)10-9-13-7-5-4-6-8-13/h4-12H,1-3H3,(H,19,22)/b10-9-. The van der Waals surface area contributed by atoms with Crippen LogP contribution in [0, 0.1) is 0 Å². The van der Waals surface area contributed by atoms with Gasteiger partial charge in [0.05, 0.1) is 5.56 Å². The highest BCUT2D eigenvalue weighted by Gasteiger charge is 2.13. The number of carbonyl (C=O) groups excluding carboxylic acids is 2. The van der Waals surface area contributed by atoms with Crippen LogP contribution in [0.25, 0.3) is 6.08 Å². The number of aryl methyl sites for hydroxylation is 1. The lowest BCUT2D eigenvalue weighted by Gasteiger charge is -2.12. The maximum atomic E-state index is 12.1. The van der Waals surface area contributed by atoms with E-state index in [2.05, 4.69) is 5.32 Å². The van der Waals surface area contributed by atoms with Crippen molar-refractivity contribution in [1.82, 2.24) is 9.47 Å². The van der Waals surface area contributed by atoms with Gasteiger partial charge in [0, 0.05) is 33.4 Å². The SMILES string of the molecule is CN(C)C(=O)c1cc(NC(=O)/C=C\c2ccccc2)c(=O)n(C)c1. The molecule has 124 valence electrons. The maximum absolute atomic E-state index is 12.1. The third-order valence-electron chi connectivity index (χ3n) is 3.32. The summed E-state index contributed by atoms with van der Waals surface area (Å²) in [6, 6.07) is 10.7. The molecule has 0 saturated carbocycles. The highest BCUT2D eigenvalue weighted by Crippen LogP contribution is 2.08. The van der Waals surface area contributed by atoms with Gasteiger partial charge in [-0.2, -0.15) is 0 Å². The zero-order chi connectivity index (χ0) is 17.7. The largest absolute Gasteiger partial charge is 0.345 e. The fourth-order valence-electron chi connectivity index (χ4n) is 2.09. The van der Waals surface area contributed by atoms with E-state index in [0.717, 1.165) is 5.56 Å². The van der Waals surface area contributed by atoms with Crippen molar-refractivity contribution < 1.29 is 9.59 Å². The van der Waals surface area contributed by atoms with Crippen LogP contribution >= 0.6 is 0 Å². The number of benzene rings is 1. The van der Waals surface area contributed by atoms with Gasteiger partial charge in [-0.15, -0.1) is 0 Å². The van der Waals surface area contributed by atoms with Gasteiger partial charge in [-0.25, -0.2) is 0 Å². The number of nitrogens with zero attached hydrogens (tertiary/aromatic N) is 2. The molecular weight excluding hydrogens is 306 g/mol. The van der Waals surface area contributed by atoms with Crippen molar-refractivity contribution in [2.24, 2.45) is 7.05 Å². The van der Waals surface area contributed by atoms with Gasteiger partial charge < -0.3 is 14.8 Å². The van der Waals surface area contributed by atoms with Crippen LogP contribution in [0.4, 0.5) is 5.69 Å². The van der Waals surface area contributed by atoms with Gasteiger partial charge in [0.2, 0.25) is 5.91 Å². The minimum atomic E-state index is -0.439. The molecule has 1 aromatic heterocycles. The van der Waals surface area contributed by atoms with Crippen molar-refractivity contribution in [3.8, 4) is 0 Å². The second kappa shape index (κ2) is 7.41. The Hall–Kier alpha value is -3.15. The van der Waals surface area contributed by atoms with Gasteiger partial charge >= 0.3 is 0 Å². The Bertz CT molecular complexity index is 836. The fourth-order valence-corrected chi connectivity index (χ4v) is 2.09. The smallest absolute Gasteiger partial charge is 0.274 e. The number of amides is 2. The molecule has 0 saturated heterocycles. The zero-order valence-electron chi connectivity index (χ0n) is 13.8. The first-order valence-electron chi connectivity index (χ1n) is 7.35. The number of carbonyl (C=O) groups is 2. The summed E-state index contributed by atoms with van der Waals surface area (Å²) in [7, 11) is 4.77. The maximum Gasteiger partial charge on any atom is 0.274 e. The molecule has 1 aromatic carbocycles. The minimum Gasteiger partial charge on any atom is -0.345 e. The van der Waals surface area contributed by atoms with Gasteiger partial charge in [0.15, 0.2) is 0 Å². The van der Waals surface area contributed by atoms with E-state index in [1.807, 2.05) is 30.3 Å². The van der Waals surface area contributed by atoms with Gasteiger partial charge in [0.25, 0.3) is 11.5 Å². The lowest BCUT2D eigenvalue weighted by molar-refractivity contribution is -0.111. The summed E-state index contributed by atoms with van der Waals surface area (Å²) in [5.41, 5.74) is 0.876. The van der Waals surface area contributed by atoms with Crippen LogP contribution < -0.4 is 10.9 Å². The highest BCUT2D eigenvalue weighted by molar-refractivity contribution is 6.02. The quantitative estimate of drug-likeness (QED) is 0.871. The van der Waals surface area contributed by atoms with E-state index >= 15 is 0 Å². The van der Waals surface area contributed by atoms with Crippen molar-refractivity contribution in [3.05, 3.63) is 70.2 Å². The molecule has 0 atom stereocenters. The Kier molecular flexibility index (Phi) is 5.31. The number of pyridine rings is 1. The molecule has 0 unspecified atom stereocenters. The Balaban J connectivity index is 2.22. The molecule has 0 aliphatic rings. The summed E-state index contributed by atoms with van der Waals surface area (Å²) in [4.78, 5) is 37.6. The summed E-state index contributed by atoms with van der Waals surface area (Å²) in [5.74, 6) is -0.689. The fraction of sp³-hybridized carbons (Fsp3) is 0.167. The molecule has 6 nitrogen and oxygen atoms in total. The number of anilines is 1. The molecule has 0 aliphatic heterocycles. The van der Waals surface area contributed by atoms with Crippen LogP contribution in [-0.2, 0) is 11.8 Å². The zero-order valence-corrected chi connectivity index (χ0v) is 13.8. The molecule has 0 radical (unpaired) electrons. The van der Waals surface area contributed by atoms with Gasteiger partial charge in [0.1, 0.15) is 5.69 Å². The summed E-state index contributed by atoms with van der Waals surface area (Å²) < 4.78 is 1.27. The highest BCUT2D eigenvalue weighted by atomic mass is 16.2. The molecule has 2 aromatic rings. The molecule has 0 bridgehead atoms. The summed E-state index contributed by atoms with van der Waals surface area (Å²) in [6.07, 6.45) is 4.43. The van der Waals surface area contributed by atoms with Crippen LogP contribution in [0.2, 0.25) is 0 Å². The Morgan fingerprint density at radius 2 is 1.83 bits per heavy atom. The molecule has 2 amide bonds. The van der Waals surface area contributed by atoms with Gasteiger partial charge in [-0.05, 0) is 17.7 Å². The molecule has 24 heavy (non-hydrogen) atoms. The third-order valence-corrected chi connectivity index (χ3v) is 3.32. The number of hydrogen-bond acceptors (Lipinski definition) is 3. The average molecular weight is 325 g/mol. The molecule has 6 heteroatoms. The molecule has 1 heterocycles. The summed E-state index contributed by atoms with van der Waals surface area (Å²) in [6.45, 7) is 0. The molecule has 2 rings (SSSR count). The van der Waals surface area contributed by atoms with Gasteiger partial charge in [-0.3, -0.25) is 14.4 Å². The lowest BCUT2D eigenvalue weighted by atomic mass is 10.2. The minimum absolute atomic E-state index is 0.0629. The van der Waals surface area contributed by atoms with Crippen LogP contribution in [0.3, 0.4) is 0 Å². The second-order valence-electron chi connectivity index (χ2n) is 5.49. The first-order chi connectivity index (χ1) is 11.4. The first-order valence-corrected chi connectivity index (χ1v) is 7.35. The van der Waals surface area contributed by atoms with E-state index in [1.165, 1.54) is 34.9 Å². The van der Waals surface area contributed by atoms with Crippen LogP contribution in [-0.4, -0.2) is 35.4 Å². The van der Waals surface area contributed by atoms with Crippen molar-refractivity contribution in [2.75, 3.05) is 19.4 Å². The number of rotatable bonds is 4. The lowest BCUT2D eigenvalue weighted by Crippen LogP contribution is -2.27. The van der Waals surface area contributed by atoms with E-state index in [1.54, 1.807) is 20.2 Å². The Morgan fingerprint density at radius 1 is 1.17 bits per heavy atom. The summed E-state index contributed by atoms with van der Waals surface area (Å²) >= 11 is 0. The molecule has 0 aliphatic carbocycles. The second-order valence-corrected chi connectivity index (χ2v) is 5.49. The van der Waals surface area contributed by atoms with Crippen molar-refractivity contribution >= 4 is 23.6 Å². The monoisotopic (exact) mass is 325 g/mol. The number of nitrogens with one attached hydrogen (secondary N) is 1. The molecule has 0 fully saturated rings.